The van der Waals surface area contributed by atoms with E-state index < -0.39 is 6.10 Å². The van der Waals surface area contributed by atoms with Gasteiger partial charge in [0.15, 0.2) is 0 Å². The second-order valence-corrected chi connectivity index (χ2v) is 7.04. The summed E-state index contributed by atoms with van der Waals surface area (Å²) in [7, 11) is 0. The molecular weight excluding hydrogens is 268 g/mol. The van der Waals surface area contributed by atoms with Crippen molar-refractivity contribution in [2.75, 3.05) is 13.2 Å². The number of rotatable bonds is 6. The Kier molecular flexibility index (Phi) is 5.15. The maximum Gasteiger partial charge on any atom is 0.315 e. The van der Waals surface area contributed by atoms with Crippen LogP contribution in [0, 0.1) is 17.3 Å². The van der Waals surface area contributed by atoms with Crippen molar-refractivity contribution in [3.05, 3.63) is 0 Å². The summed E-state index contributed by atoms with van der Waals surface area (Å²) in [5.41, 5.74) is -0.00745. The van der Waals surface area contributed by atoms with Gasteiger partial charge in [-0.25, -0.2) is 4.79 Å². The lowest BCUT2D eigenvalue weighted by molar-refractivity contribution is -0.108. The first-order valence-electron chi connectivity index (χ1n) is 8.25. The normalized spacial score (nSPS) is 31.4. The second-order valence-electron chi connectivity index (χ2n) is 7.04. The van der Waals surface area contributed by atoms with Crippen LogP contribution in [0.5, 0.6) is 0 Å². The predicted molar refractivity (Wildman–Crippen MR) is 82.0 cm³/mol. The van der Waals surface area contributed by atoms with Crippen LogP contribution < -0.4 is 10.6 Å². The maximum atomic E-state index is 12.1. The monoisotopic (exact) mass is 298 g/mol. The van der Waals surface area contributed by atoms with Gasteiger partial charge in [0, 0.05) is 30.5 Å². The Morgan fingerprint density at radius 1 is 1.38 bits per heavy atom. The van der Waals surface area contributed by atoms with Crippen molar-refractivity contribution in [3.8, 4) is 0 Å². The molecule has 0 aromatic carbocycles. The second kappa shape index (κ2) is 6.53. The molecule has 2 rings (SSSR count). The van der Waals surface area contributed by atoms with Gasteiger partial charge >= 0.3 is 6.03 Å². The standard InChI is InChI=1S/C16H30N2O3/c1-5-10(6-2)12(19)9-17-15(20)18-13-11-7-8-21-14(11)16(13,3)4/h10-14,19H,5-9H2,1-4H3,(H2,17,18,20). The first kappa shape index (κ1) is 16.6. The van der Waals surface area contributed by atoms with E-state index in [4.69, 9.17) is 4.74 Å². The Morgan fingerprint density at radius 2 is 2.05 bits per heavy atom. The van der Waals surface area contributed by atoms with Crippen LogP contribution in [0.15, 0.2) is 0 Å². The molecule has 4 atom stereocenters. The molecule has 21 heavy (non-hydrogen) atoms. The quantitative estimate of drug-likeness (QED) is 0.701. The minimum absolute atomic E-state index is 0.00745. The predicted octanol–water partition coefficient (Wildman–Crippen LogP) is 1.90. The molecule has 4 unspecified atom stereocenters. The molecule has 2 amide bonds. The fourth-order valence-electron chi connectivity index (χ4n) is 4.01. The third-order valence-electron chi connectivity index (χ3n) is 5.45. The molecule has 1 aliphatic carbocycles. The summed E-state index contributed by atoms with van der Waals surface area (Å²) in [5.74, 6) is 0.688. The highest BCUT2D eigenvalue weighted by Crippen LogP contribution is 2.51. The maximum absolute atomic E-state index is 12.1. The fraction of sp³-hybridized carbons (Fsp3) is 0.938. The van der Waals surface area contributed by atoms with Crippen molar-refractivity contribution < 1.29 is 14.6 Å². The van der Waals surface area contributed by atoms with Gasteiger partial charge in [-0.05, 0) is 12.3 Å². The van der Waals surface area contributed by atoms with Crippen LogP contribution in [0.2, 0.25) is 0 Å². The SMILES string of the molecule is CCC(CC)C(O)CNC(=O)NC1C2CCOC2C1(C)C. The van der Waals surface area contributed by atoms with Crippen molar-refractivity contribution >= 4 is 6.03 Å². The Balaban J connectivity index is 1.77. The topological polar surface area (TPSA) is 70.6 Å². The Hall–Kier alpha value is -0.810. The highest BCUT2D eigenvalue weighted by molar-refractivity contribution is 5.74. The van der Waals surface area contributed by atoms with E-state index in [2.05, 4.69) is 38.3 Å². The molecule has 122 valence electrons. The number of aliphatic hydroxyl groups excluding tert-OH is 1. The zero-order valence-corrected chi connectivity index (χ0v) is 13.7. The molecule has 0 aromatic heterocycles. The van der Waals surface area contributed by atoms with E-state index in [1.807, 2.05) is 0 Å². The van der Waals surface area contributed by atoms with Crippen molar-refractivity contribution in [2.24, 2.45) is 17.3 Å². The lowest BCUT2D eigenvalue weighted by Gasteiger charge is -2.54. The van der Waals surface area contributed by atoms with Gasteiger partial charge in [0.1, 0.15) is 0 Å². The molecule has 0 bridgehead atoms. The zero-order valence-electron chi connectivity index (χ0n) is 13.7. The average molecular weight is 298 g/mol. The Labute approximate surface area is 127 Å². The number of hydrogen-bond acceptors (Lipinski definition) is 3. The van der Waals surface area contributed by atoms with Crippen molar-refractivity contribution in [1.29, 1.82) is 0 Å². The van der Waals surface area contributed by atoms with Crippen LogP contribution >= 0.6 is 0 Å². The van der Waals surface area contributed by atoms with Gasteiger partial charge < -0.3 is 20.5 Å². The molecule has 1 saturated heterocycles. The first-order valence-corrected chi connectivity index (χ1v) is 8.25. The number of urea groups is 1. The molecule has 5 heteroatoms. The van der Waals surface area contributed by atoms with Crippen LogP contribution in [0.25, 0.3) is 0 Å². The van der Waals surface area contributed by atoms with Gasteiger partial charge in [-0.1, -0.05) is 40.5 Å². The number of aliphatic hydroxyl groups is 1. The van der Waals surface area contributed by atoms with Crippen LogP contribution in [0.1, 0.15) is 47.0 Å². The van der Waals surface area contributed by atoms with E-state index in [0.29, 0.717) is 12.5 Å². The summed E-state index contributed by atoms with van der Waals surface area (Å²) < 4.78 is 5.73. The van der Waals surface area contributed by atoms with E-state index in [-0.39, 0.29) is 29.5 Å². The third-order valence-corrected chi connectivity index (χ3v) is 5.45. The minimum atomic E-state index is -0.470. The first-order chi connectivity index (χ1) is 9.91. The summed E-state index contributed by atoms with van der Waals surface area (Å²) in [4.78, 5) is 12.1. The lowest BCUT2D eigenvalue weighted by atomic mass is 9.57. The van der Waals surface area contributed by atoms with E-state index in [1.165, 1.54) is 0 Å². The number of fused-ring (bicyclic) bond motifs is 1. The van der Waals surface area contributed by atoms with E-state index in [1.54, 1.807) is 0 Å². The van der Waals surface area contributed by atoms with Crippen molar-refractivity contribution in [3.63, 3.8) is 0 Å². The number of hydrogen-bond donors (Lipinski definition) is 3. The van der Waals surface area contributed by atoms with Gasteiger partial charge in [-0.3, -0.25) is 0 Å². The molecule has 5 nitrogen and oxygen atoms in total. The summed E-state index contributed by atoms with van der Waals surface area (Å²) >= 11 is 0. The highest BCUT2D eigenvalue weighted by atomic mass is 16.5. The lowest BCUT2D eigenvalue weighted by Crippen LogP contribution is -2.67. The van der Waals surface area contributed by atoms with Crippen LogP contribution in [0.3, 0.4) is 0 Å². The molecule has 0 spiro atoms. The van der Waals surface area contributed by atoms with Gasteiger partial charge in [0.05, 0.1) is 12.2 Å². The molecule has 2 aliphatic rings. The zero-order chi connectivity index (χ0) is 15.6. The van der Waals surface area contributed by atoms with Crippen molar-refractivity contribution in [2.45, 2.75) is 65.2 Å². The Morgan fingerprint density at radius 3 is 2.67 bits per heavy atom. The smallest absolute Gasteiger partial charge is 0.315 e. The van der Waals surface area contributed by atoms with E-state index in [0.717, 1.165) is 25.9 Å². The number of carbonyl (C=O) groups is 1. The van der Waals surface area contributed by atoms with E-state index in [9.17, 15) is 9.90 Å². The molecular formula is C16H30N2O3. The van der Waals surface area contributed by atoms with Crippen LogP contribution in [-0.4, -0.2) is 42.5 Å². The Bertz CT molecular complexity index is 369. The highest BCUT2D eigenvalue weighted by Gasteiger charge is 2.59. The number of ether oxygens (including phenoxy) is 1. The molecule has 1 saturated carbocycles. The number of nitrogens with one attached hydrogen (secondary N) is 2. The van der Waals surface area contributed by atoms with E-state index >= 15 is 0 Å². The van der Waals surface area contributed by atoms with Gasteiger partial charge in [0.2, 0.25) is 0 Å². The van der Waals surface area contributed by atoms with Gasteiger partial charge in [-0.2, -0.15) is 0 Å². The van der Waals surface area contributed by atoms with Crippen LogP contribution in [0.4, 0.5) is 4.79 Å². The fourth-order valence-corrected chi connectivity index (χ4v) is 4.01. The summed E-state index contributed by atoms with van der Waals surface area (Å²) in [6.07, 6.45) is 2.69. The molecule has 2 fully saturated rings. The molecule has 1 heterocycles. The van der Waals surface area contributed by atoms with Gasteiger partial charge in [0.25, 0.3) is 0 Å². The molecule has 0 radical (unpaired) electrons. The molecule has 0 aromatic rings. The van der Waals surface area contributed by atoms with Gasteiger partial charge in [-0.15, -0.1) is 0 Å². The summed E-state index contributed by atoms with van der Waals surface area (Å²) in [6, 6.07) is -0.0151. The molecule has 3 N–H and O–H groups in total. The number of carbonyl (C=O) groups excluding carboxylic acids is 1. The van der Waals surface area contributed by atoms with Crippen molar-refractivity contribution in [1.82, 2.24) is 10.6 Å². The third kappa shape index (κ3) is 3.19. The summed E-state index contributed by atoms with van der Waals surface area (Å²) in [5, 5.41) is 15.9. The average Bonchev–Trinajstić information content (AvgIpc) is 2.91. The largest absolute Gasteiger partial charge is 0.391 e. The van der Waals surface area contributed by atoms with Crippen LogP contribution in [-0.2, 0) is 4.74 Å². The molecule has 1 aliphatic heterocycles. The summed E-state index contributed by atoms with van der Waals surface area (Å²) in [6.45, 7) is 9.53. The minimum Gasteiger partial charge on any atom is -0.391 e. The number of amides is 2.